The number of benzene rings is 1. The standard InChI is InChI=1S/C15H20N2O5S/c1-3-4-5-12(15(19)20)16-23(21,22)11-6-7-13-10(8-11)9-14(18)17(13)2/h6-8,12,16H,3-5,9H2,1-2H3,(H,19,20)/t12-/m0/s1. The zero-order valence-electron chi connectivity index (χ0n) is 13.1. The predicted octanol–water partition coefficient (Wildman–Crippen LogP) is 1.13. The second-order valence-corrected chi connectivity index (χ2v) is 7.29. The highest BCUT2D eigenvalue weighted by Gasteiger charge is 2.28. The second-order valence-electron chi connectivity index (χ2n) is 5.57. The number of rotatable bonds is 7. The topological polar surface area (TPSA) is 104 Å². The molecular weight excluding hydrogens is 320 g/mol. The molecule has 1 aromatic rings. The van der Waals surface area contributed by atoms with Crippen molar-refractivity contribution < 1.29 is 23.1 Å². The van der Waals surface area contributed by atoms with Crippen LogP contribution in [0.3, 0.4) is 0 Å². The Morgan fingerprint density at radius 2 is 2.13 bits per heavy atom. The van der Waals surface area contributed by atoms with Gasteiger partial charge in [-0.3, -0.25) is 9.59 Å². The Balaban J connectivity index is 2.25. The predicted molar refractivity (Wildman–Crippen MR) is 84.8 cm³/mol. The van der Waals surface area contributed by atoms with Crippen LogP contribution in [0.1, 0.15) is 31.7 Å². The molecule has 0 radical (unpaired) electrons. The largest absolute Gasteiger partial charge is 0.480 e. The average Bonchev–Trinajstić information content (AvgIpc) is 2.77. The van der Waals surface area contributed by atoms with E-state index in [2.05, 4.69) is 4.72 Å². The van der Waals surface area contributed by atoms with Crippen molar-refractivity contribution in [3.05, 3.63) is 23.8 Å². The van der Waals surface area contributed by atoms with Crippen LogP contribution in [0.4, 0.5) is 5.69 Å². The van der Waals surface area contributed by atoms with E-state index in [1.807, 2.05) is 6.92 Å². The number of sulfonamides is 1. The van der Waals surface area contributed by atoms with Gasteiger partial charge in [0.2, 0.25) is 15.9 Å². The van der Waals surface area contributed by atoms with E-state index in [0.29, 0.717) is 17.7 Å². The fraction of sp³-hybridized carbons (Fsp3) is 0.467. The molecule has 1 aromatic carbocycles. The summed E-state index contributed by atoms with van der Waals surface area (Å²) in [6.45, 7) is 1.90. The summed E-state index contributed by atoms with van der Waals surface area (Å²) in [4.78, 5) is 24.3. The van der Waals surface area contributed by atoms with Gasteiger partial charge in [-0.25, -0.2) is 8.42 Å². The highest BCUT2D eigenvalue weighted by atomic mass is 32.2. The van der Waals surface area contributed by atoms with Gasteiger partial charge in [0.1, 0.15) is 6.04 Å². The molecule has 1 atom stereocenters. The van der Waals surface area contributed by atoms with Crippen LogP contribution >= 0.6 is 0 Å². The van der Waals surface area contributed by atoms with E-state index < -0.39 is 22.0 Å². The maximum atomic E-state index is 12.4. The smallest absolute Gasteiger partial charge is 0.321 e. The number of unbranched alkanes of at least 4 members (excludes halogenated alkanes) is 1. The number of aliphatic carboxylic acids is 1. The van der Waals surface area contributed by atoms with E-state index in [9.17, 15) is 18.0 Å². The Labute approximate surface area is 135 Å². The van der Waals surface area contributed by atoms with Crippen molar-refractivity contribution >= 4 is 27.6 Å². The van der Waals surface area contributed by atoms with E-state index in [0.717, 1.165) is 6.42 Å². The van der Waals surface area contributed by atoms with Gasteiger partial charge >= 0.3 is 5.97 Å². The Morgan fingerprint density at radius 3 is 2.74 bits per heavy atom. The van der Waals surface area contributed by atoms with Crippen molar-refractivity contribution in [3.63, 3.8) is 0 Å². The number of carboxylic acid groups (broad SMARTS) is 1. The number of carboxylic acids is 1. The first kappa shape index (κ1) is 17.4. The number of nitrogens with one attached hydrogen (secondary N) is 1. The monoisotopic (exact) mass is 340 g/mol. The Hall–Kier alpha value is -1.93. The quantitative estimate of drug-likeness (QED) is 0.774. The van der Waals surface area contributed by atoms with Gasteiger partial charge in [-0.2, -0.15) is 4.72 Å². The van der Waals surface area contributed by atoms with Gasteiger partial charge < -0.3 is 10.0 Å². The molecule has 1 amide bonds. The number of carbonyl (C=O) groups is 2. The third-order valence-electron chi connectivity index (χ3n) is 3.88. The molecule has 0 fully saturated rings. The minimum absolute atomic E-state index is 0.0258. The molecule has 0 saturated carbocycles. The van der Waals surface area contributed by atoms with Crippen molar-refractivity contribution in [2.45, 2.75) is 43.5 Å². The highest BCUT2D eigenvalue weighted by molar-refractivity contribution is 7.89. The first-order valence-corrected chi connectivity index (χ1v) is 8.89. The molecule has 0 bridgehead atoms. The lowest BCUT2D eigenvalue weighted by atomic mass is 10.1. The summed E-state index contributed by atoms with van der Waals surface area (Å²) in [6, 6.07) is 3.22. The van der Waals surface area contributed by atoms with Gasteiger partial charge in [-0.15, -0.1) is 0 Å². The zero-order valence-corrected chi connectivity index (χ0v) is 13.9. The molecular formula is C15H20N2O5S. The van der Waals surface area contributed by atoms with E-state index >= 15 is 0 Å². The zero-order chi connectivity index (χ0) is 17.2. The molecule has 126 valence electrons. The van der Waals surface area contributed by atoms with E-state index in [1.165, 1.54) is 17.0 Å². The molecule has 0 unspecified atom stereocenters. The van der Waals surface area contributed by atoms with Gasteiger partial charge in [-0.1, -0.05) is 19.8 Å². The molecule has 8 heteroatoms. The summed E-state index contributed by atoms with van der Waals surface area (Å²) in [5.74, 6) is -1.30. The first-order chi connectivity index (χ1) is 10.8. The Bertz CT molecular complexity index is 729. The minimum atomic E-state index is -3.95. The molecule has 1 aliphatic heterocycles. The minimum Gasteiger partial charge on any atom is -0.480 e. The number of anilines is 1. The number of carbonyl (C=O) groups excluding carboxylic acids is 1. The molecule has 23 heavy (non-hydrogen) atoms. The summed E-state index contributed by atoms with van der Waals surface area (Å²) in [6.07, 6.45) is 1.77. The third-order valence-corrected chi connectivity index (χ3v) is 5.35. The van der Waals surface area contributed by atoms with Crippen molar-refractivity contribution in [2.75, 3.05) is 11.9 Å². The summed E-state index contributed by atoms with van der Waals surface area (Å²) < 4.78 is 27.0. The molecule has 0 spiro atoms. The van der Waals surface area contributed by atoms with E-state index in [1.54, 1.807) is 13.1 Å². The molecule has 2 rings (SSSR count). The maximum absolute atomic E-state index is 12.4. The fourth-order valence-corrected chi connectivity index (χ4v) is 3.78. The normalized spacial score (nSPS) is 15.6. The van der Waals surface area contributed by atoms with Crippen LogP contribution in [0.5, 0.6) is 0 Å². The van der Waals surface area contributed by atoms with Crippen molar-refractivity contribution in [3.8, 4) is 0 Å². The van der Waals surface area contributed by atoms with Crippen molar-refractivity contribution in [1.29, 1.82) is 0 Å². The van der Waals surface area contributed by atoms with Crippen LogP contribution in [0.25, 0.3) is 0 Å². The first-order valence-electron chi connectivity index (χ1n) is 7.41. The summed E-state index contributed by atoms with van der Waals surface area (Å²) in [5, 5.41) is 9.16. The van der Waals surface area contributed by atoms with Gasteiger partial charge in [-0.05, 0) is 30.2 Å². The molecule has 2 N–H and O–H groups in total. The summed E-state index contributed by atoms with van der Waals surface area (Å²) >= 11 is 0. The number of amides is 1. The van der Waals surface area contributed by atoms with E-state index in [-0.39, 0.29) is 23.6 Å². The van der Waals surface area contributed by atoms with E-state index in [4.69, 9.17) is 5.11 Å². The van der Waals surface area contributed by atoms with Crippen LogP contribution in [-0.2, 0) is 26.0 Å². The fourth-order valence-electron chi connectivity index (χ4n) is 2.51. The number of likely N-dealkylation sites (N-methyl/N-ethyl adjacent to an activating group) is 1. The van der Waals surface area contributed by atoms with Crippen molar-refractivity contribution in [2.24, 2.45) is 0 Å². The molecule has 1 heterocycles. The Morgan fingerprint density at radius 1 is 1.43 bits per heavy atom. The van der Waals surface area contributed by atoms with Gasteiger partial charge in [0, 0.05) is 12.7 Å². The summed E-state index contributed by atoms with van der Waals surface area (Å²) in [7, 11) is -2.32. The van der Waals surface area contributed by atoms with Crippen molar-refractivity contribution in [1.82, 2.24) is 4.72 Å². The average molecular weight is 340 g/mol. The lowest BCUT2D eigenvalue weighted by molar-refractivity contribution is -0.139. The second kappa shape index (κ2) is 6.67. The molecule has 1 aliphatic rings. The molecule has 0 aromatic heterocycles. The lowest BCUT2D eigenvalue weighted by Crippen LogP contribution is -2.40. The number of fused-ring (bicyclic) bond motifs is 1. The number of hydrogen-bond acceptors (Lipinski definition) is 4. The van der Waals surface area contributed by atoms with Gasteiger partial charge in [0.25, 0.3) is 0 Å². The highest BCUT2D eigenvalue weighted by Crippen LogP contribution is 2.29. The molecule has 7 nitrogen and oxygen atoms in total. The number of hydrogen-bond donors (Lipinski definition) is 2. The van der Waals surface area contributed by atoms with Crippen LogP contribution in [0, 0.1) is 0 Å². The van der Waals surface area contributed by atoms with Crippen LogP contribution in [0.2, 0.25) is 0 Å². The third kappa shape index (κ3) is 3.70. The molecule has 0 saturated heterocycles. The van der Waals surface area contributed by atoms with Gasteiger partial charge in [0.15, 0.2) is 0 Å². The Kier molecular flexibility index (Phi) is 5.06. The van der Waals surface area contributed by atoms with Crippen LogP contribution in [0.15, 0.2) is 23.1 Å². The number of nitrogens with zero attached hydrogens (tertiary/aromatic N) is 1. The van der Waals surface area contributed by atoms with Crippen LogP contribution in [-0.4, -0.2) is 38.5 Å². The maximum Gasteiger partial charge on any atom is 0.321 e. The SMILES string of the molecule is CCCC[C@H](NS(=O)(=O)c1ccc2c(c1)CC(=O)N2C)C(=O)O. The van der Waals surface area contributed by atoms with Gasteiger partial charge in [0.05, 0.1) is 11.3 Å². The van der Waals surface area contributed by atoms with Crippen LogP contribution < -0.4 is 9.62 Å². The summed E-state index contributed by atoms with van der Waals surface area (Å²) in [5.41, 5.74) is 1.30. The molecule has 0 aliphatic carbocycles. The lowest BCUT2D eigenvalue weighted by Gasteiger charge is -2.15.